The number of Topliss-reactive ketones (excluding diaryl/α,β-unsaturated/α-hetero) is 1. The first-order chi connectivity index (χ1) is 17.7. The van der Waals surface area contributed by atoms with Crippen molar-refractivity contribution in [3.8, 4) is 0 Å². The second-order valence-electron chi connectivity index (χ2n) is 11.0. The van der Waals surface area contributed by atoms with E-state index in [4.69, 9.17) is 14.2 Å². The third kappa shape index (κ3) is 7.71. The Morgan fingerprint density at radius 2 is 1.71 bits per heavy atom. The number of aliphatic hydroxyl groups is 2. The molecule has 0 bridgehead atoms. The molecule has 2 heterocycles. The van der Waals surface area contributed by atoms with Crippen LogP contribution in [0.3, 0.4) is 0 Å². The van der Waals surface area contributed by atoms with Crippen LogP contribution in [-0.4, -0.2) is 76.5 Å². The SMILES string of the molecule is CC[C@H]1OC(=O)[C@H](C)C(=O)C(C)[C@@H](O[C@H]2OC(C)[C@@H](NC(C)=O)C(O)[C@H]2O)[C@@H](C)C[C@@H](C)C(=O)/C=C/[C@H]1C. The molecule has 1 amide bonds. The number of nitrogens with one attached hydrogen (secondary N) is 1. The standard InChI is InChI=1S/C28H45NO9/c1-9-21-13(2)10-11-20(31)14(3)12-15(4)26(16(5)23(32)17(6)27(35)37-21)38-28-25(34)24(33)22(18(7)36-28)29-19(8)30/h10-11,13-18,21-22,24-26,28,33-34H,9,12H2,1-8H3,(H,29,30)/b11-10+/t13-,14-,15+,16?,17-,18?,21-,22-,24?,25-,26+,28-/m1/s1. The van der Waals surface area contributed by atoms with Gasteiger partial charge in [0.05, 0.1) is 18.2 Å². The van der Waals surface area contributed by atoms with Crippen LogP contribution in [0.5, 0.6) is 0 Å². The van der Waals surface area contributed by atoms with Crippen LogP contribution >= 0.6 is 0 Å². The Balaban J connectivity index is 2.38. The summed E-state index contributed by atoms with van der Waals surface area (Å²) in [6.07, 6.45) is -2.06. The lowest BCUT2D eigenvalue weighted by Gasteiger charge is -2.44. The fourth-order valence-corrected chi connectivity index (χ4v) is 5.31. The van der Waals surface area contributed by atoms with Gasteiger partial charge < -0.3 is 29.7 Å². The number of aliphatic hydroxyl groups excluding tert-OH is 2. The molecule has 3 unspecified atom stereocenters. The van der Waals surface area contributed by atoms with E-state index in [0.29, 0.717) is 12.8 Å². The monoisotopic (exact) mass is 539 g/mol. The number of hydrogen-bond donors (Lipinski definition) is 3. The van der Waals surface area contributed by atoms with Gasteiger partial charge in [-0.15, -0.1) is 0 Å². The number of allylic oxidation sites excluding steroid dienone is 1. The summed E-state index contributed by atoms with van der Waals surface area (Å²) in [6.45, 7) is 13.5. The molecule has 1 fully saturated rings. The minimum absolute atomic E-state index is 0.0934. The van der Waals surface area contributed by atoms with Gasteiger partial charge in [0.25, 0.3) is 0 Å². The summed E-state index contributed by atoms with van der Waals surface area (Å²) in [7, 11) is 0. The van der Waals surface area contributed by atoms with E-state index < -0.39 is 66.4 Å². The summed E-state index contributed by atoms with van der Waals surface area (Å²) in [5.41, 5.74) is 0. The maximum Gasteiger partial charge on any atom is 0.316 e. The highest BCUT2D eigenvalue weighted by Gasteiger charge is 2.46. The van der Waals surface area contributed by atoms with Crippen LogP contribution in [0.1, 0.15) is 68.2 Å². The van der Waals surface area contributed by atoms with Crippen molar-refractivity contribution in [2.75, 3.05) is 0 Å². The van der Waals surface area contributed by atoms with Crippen molar-refractivity contribution < 1.29 is 43.6 Å². The number of carbonyl (C=O) groups excluding carboxylic acids is 4. The zero-order chi connectivity index (χ0) is 28.9. The Morgan fingerprint density at radius 3 is 2.29 bits per heavy atom. The fourth-order valence-electron chi connectivity index (χ4n) is 5.31. The van der Waals surface area contributed by atoms with Gasteiger partial charge in [-0.1, -0.05) is 40.7 Å². The van der Waals surface area contributed by atoms with E-state index in [9.17, 15) is 29.4 Å². The molecule has 0 spiro atoms. The van der Waals surface area contributed by atoms with Crippen molar-refractivity contribution in [1.82, 2.24) is 5.32 Å². The average Bonchev–Trinajstić information content (AvgIpc) is 2.86. The fraction of sp³-hybridized carbons (Fsp3) is 0.786. The lowest BCUT2D eigenvalue weighted by atomic mass is 9.80. The number of cyclic esters (lactones) is 1. The molecule has 2 aliphatic heterocycles. The van der Waals surface area contributed by atoms with Gasteiger partial charge in [0.2, 0.25) is 5.91 Å². The van der Waals surface area contributed by atoms with E-state index in [-0.39, 0.29) is 29.4 Å². The van der Waals surface area contributed by atoms with Crippen molar-refractivity contribution in [2.45, 2.75) is 111 Å². The maximum absolute atomic E-state index is 13.5. The highest BCUT2D eigenvalue weighted by atomic mass is 16.7. The van der Waals surface area contributed by atoms with Gasteiger partial charge in [-0.05, 0) is 38.7 Å². The molecule has 10 nitrogen and oxygen atoms in total. The first kappa shape index (κ1) is 32.1. The minimum atomic E-state index is -1.51. The van der Waals surface area contributed by atoms with Crippen LogP contribution < -0.4 is 5.32 Å². The van der Waals surface area contributed by atoms with Crippen LogP contribution in [-0.2, 0) is 33.4 Å². The molecular formula is C28H45NO9. The molecule has 1 saturated heterocycles. The summed E-state index contributed by atoms with van der Waals surface area (Å²) in [4.78, 5) is 50.8. The molecule has 10 heteroatoms. The van der Waals surface area contributed by atoms with Crippen molar-refractivity contribution in [2.24, 2.45) is 29.6 Å². The molecule has 0 aromatic heterocycles. The van der Waals surface area contributed by atoms with E-state index in [0.717, 1.165) is 0 Å². The van der Waals surface area contributed by atoms with E-state index in [1.165, 1.54) is 19.9 Å². The van der Waals surface area contributed by atoms with Crippen molar-refractivity contribution >= 4 is 23.4 Å². The van der Waals surface area contributed by atoms with Crippen LogP contribution in [0.25, 0.3) is 0 Å². The average molecular weight is 540 g/mol. The minimum Gasteiger partial charge on any atom is -0.461 e. The number of esters is 1. The second-order valence-corrected chi connectivity index (χ2v) is 11.0. The maximum atomic E-state index is 13.5. The summed E-state index contributed by atoms with van der Waals surface area (Å²) in [6, 6.07) is -0.851. The Kier molecular flexibility index (Phi) is 11.6. The van der Waals surface area contributed by atoms with Gasteiger partial charge in [-0.25, -0.2) is 0 Å². The van der Waals surface area contributed by atoms with Gasteiger partial charge >= 0.3 is 5.97 Å². The van der Waals surface area contributed by atoms with Crippen LogP contribution in [0.15, 0.2) is 12.2 Å². The molecular weight excluding hydrogens is 494 g/mol. The quantitative estimate of drug-likeness (QED) is 0.360. The summed E-state index contributed by atoms with van der Waals surface area (Å²) in [5.74, 6) is -4.32. The van der Waals surface area contributed by atoms with E-state index in [2.05, 4.69) is 5.32 Å². The number of hydrogen-bond acceptors (Lipinski definition) is 9. The first-order valence-electron chi connectivity index (χ1n) is 13.6. The van der Waals surface area contributed by atoms with Gasteiger partial charge in [-0.2, -0.15) is 0 Å². The number of carbonyl (C=O) groups is 4. The van der Waals surface area contributed by atoms with Crippen LogP contribution in [0, 0.1) is 29.6 Å². The van der Waals surface area contributed by atoms with Crippen LogP contribution in [0.2, 0.25) is 0 Å². The predicted octanol–water partition coefficient (Wildman–Crippen LogP) is 1.94. The largest absolute Gasteiger partial charge is 0.461 e. The number of ether oxygens (including phenoxy) is 3. The van der Waals surface area contributed by atoms with E-state index >= 15 is 0 Å². The summed E-state index contributed by atoms with van der Waals surface area (Å²) >= 11 is 0. The number of ketones is 2. The first-order valence-corrected chi connectivity index (χ1v) is 13.6. The van der Waals surface area contributed by atoms with Crippen molar-refractivity contribution in [3.63, 3.8) is 0 Å². The highest BCUT2D eigenvalue weighted by molar-refractivity contribution is 6.00. The van der Waals surface area contributed by atoms with Gasteiger partial charge in [-0.3, -0.25) is 19.2 Å². The van der Waals surface area contributed by atoms with E-state index in [1.54, 1.807) is 26.8 Å². The Morgan fingerprint density at radius 1 is 1.08 bits per heavy atom. The number of rotatable bonds is 4. The lowest BCUT2D eigenvalue weighted by molar-refractivity contribution is -0.293. The highest BCUT2D eigenvalue weighted by Crippen LogP contribution is 2.32. The zero-order valence-corrected chi connectivity index (χ0v) is 23.7. The molecule has 2 aliphatic rings. The lowest BCUT2D eigenvalue weighted by Crippen LogP contribution is -2.63. The third-order valence-corrected chi connectivity index (χ3v) is 7.83. The molecule has 0 aromatic rings. The van der Waals surface area contributed by atoms with Crippen molar-refractivity contribution in [3.05, 3.63) is 12.2 Å². The van der Waals surface area contributed by atoms with E-state index in [1.807, 2.05) is 20.8 Å². The second kappa shape index (κ2) is 13.8. The molecule has 38 heavy (non-hydrogen) atoms. The smallest absolute Gasteiger partial charge is 0.316 e. The predicted molar refractivity (Wildman–Crippen MR) is 139 cm³/mol. The normalized spacial score (nSPS) is 42.6. The molecule has 0 aliphatic carbocycles. The molecule has 2 rings (SSSR count). The van der Waals surface area contributed by atoms with Gasteiger partial charge in [0.1, 0.15) is 24.2 Å². The summed E-state index contributed by atoms with van der Waals surface area (Å²) in [5, 5.41) is 24.0. The molecule has 0 aromatic carbocycles. The van der Waals surface area contributed by atoms with Crippen LogP contribution in [0.4, 0.5) is 0 Å². The Bertz CT molecular complexity index is 890. The van der Waals surface area contributed by atoms with Crippen molar-refractivity contribution in [1.29, 1.82) is 0 Å². The third-order valence-electron chi connectivity index (χ3n) is 7.83. The molecule has 0 saturated carbocycles. The van der Waals surface area contributed by atoms with Gasteiger partial charge in [0, 0.05) is 24.7 Å². The zero-order valence-electron chi connectivity index (χ0n) is 23.7. The molecule has 12 atom stereocenters. The molecule has 3 N–H and O–H groups in total. The molecule has 216 valence electrons. The summed E-state index contributed by atoms with van der Waals surface area (Å²) < 4.78 is 17.7. The van der Waals surface area contributed by atoms with Gasteiger partial charge in [0.15, 0.2) is 17.9 Å². The Hall–Kier alpha value is -2.14. The molecule has 0 radical (unpaired) electrons. The Labute approximate surface area is 225 Å². The topological polar surface area (TPSA) is 148 Å². The number of amides is 1.